The second kappa shape index (κ2) is 4.57. The molecule has 1 fully saturated rings. The fourth-order valence-corrected chi connectivity index (χ4v) is 2.93. The van der Waals surface area contributed by atoms with E-state index in [0.717, 1.165) is 17.7 Å². The third-order valence-electron chi connectivity index (χ3n) is 3.89. The van der Waals surface area contributed by atoms with Gasteiger partial charge in [-0.05, 0) is 24.5 Å². The number of carboxylic acid groups (broad SMARTS) is 1. The van der Waals surface area contributed by atoms with E-state index in [1.54, 1.807) is 0 Å². The van der Waals surface area contributed by atoms with Gasteiger partial charge >= 0.3 is 5.97 Å². The predicted molar refractivity (Wildman–Crippen MR) is 69.9 cm³/mol. The number of para-hydroxylation sites is 1. The number of amides is 1. The van der Waals surface area contributed by atoms with Crippen LogP contribution < -0.4 is 5.32 Å². The van der Waals surface area contributed by atoms with Crippen molar-refractivity contribution in [2.45, 2.75) is 31.3 Å². The summed E-state index contributed by atoms with van der Waals surface area (Å²) in [7, 11) is 0. The summed E-state index contributed by atoms with van der Waals surface area (Å²) in [6, 6.07) is 6.84. The highest BCUT2D eigenvalue weighted by atomic mass is 16.4. The minimum Gasteiger partial charge on any atom is -0.480 e. The summed E-state index contributed by atoms with van der Waals surface area (Å²) >= 11 is 0. The molecule has 0 aliphatic carbocycles. The van der Waals surface area contributed by atoms with Gasteiger partial charge in [-0.3, -0.25) is 4.79 Å². The van der Waals surface area contributed by atoms with Crippen LogP contribution in [0.2, 0.25) is 0 Å². The maximum atomic E-state index is 12.4. The number of benzene rings is 1. The molecule has 1 amide bonds. The van der Waals surface area contributed by atoms with E-state index in [-0.39, 0.29) is 11.9 Å². The number of anilines is 1. The number of carbonyl (C=O) groups excluding carboxylic acids is 1. The molecule has 0 unspecified atom stereocenters. The summed E-state index contributed by atoms with van der Waals surface area (Å²) in [4.78, 5) is 25.1. The van der Waals surface area contributed by atoms with Crippen LogP contribution in [0.4, 0.5) is 5.69 Å². The summed E-state index contributed by atoms with van der Waals surface area (Å²) in [5.74, 6) is -0.998. The van der Waals surface area contributed by atoms with Gasteiger partial charge in [0.2, 0.25) is 5.91 Å². The minimum atomic E-state index is -0.902. The Kier molecular flexibility index (Phi) is 2.89. The van der Waals surface area contributed by atoms with Crippen LogP contribution in [0.5, 0.6) is 0 Å². The van der Waals surface area contributed by atoms with E-state index in [1.165, 1.54) is 4.90 Å². The average Bonchev–Trinajstić information content (AvgIpc) is 3.04. The molecule has 2 atom stereocenters. The molecule has 0 bridgehead atoms. The summed E-state index contributed by atoms with van der Waals surface area (Å²) < 4.78 is 0. The number of hydrogen-bond acceptors (Lipinski definition) is 3. The third-order valence-corrected chi connectivity index (χ3v) is 3.89. The molecule has 19 heavy (non-hydrogen) atoms. The molecule has 1 aromatic rings. The first-order chi connectivity index (χ1) is 9.16. The van der Waals surface area contributed by atoms with E-state index in [1.807, 2.05) is 24.3 Å². The van der Waals surface area contributed by atoms with Gasteiger partial charge in [-0.2, -0.15) is 0 Å². The van der Waals surface area contributed by atoms with E-state index in [0.29, 0.717) is 19.4 Å². The van der Waals surface area contributed by atoms with Gasteiger partial charge in [0.1, 0.15) is 12.1 Å². The number of carbonyl (C=O) groups is 2. The van der Waals surface area contributed by atoms with Crippen molar-refractivity contribution in [2.75, 3.05) is 11.9 Å². The highest BCUT2D eigenvalue weighted by Gasteiger charge is 2.38. The van der Waals surface area contributed by atoms with Crippen molar-refractivity contribution in [1.29, 1.82) is 0 Å². The van der Waals surface area contributed by atoms with E-state index in [9.17, 15) is 9.59 Å². The van der Waals surface area contributed by atoms with Crippen molar-refractivity contribution in [3.8, 4) is 0 Å². The number of aliphatic carboxylic acids is 1. The maximum absolute atomic E-state index is 12.4. The lowest BCUT2D eigenvalue weighted by Gasteiger charge is -2.24. The van der Waals surface area contributed by atoms with Crippen LogP contribution >= 0.6 is 0 Å². The Morgan fingerprint density at radius 2 is 2.11 bits per heavy atom. The van der Waals surface area contributed by atoms with Gasteiger partial charge in [0, 0.05) is 18.7 Å². The number of likely N-dealkylation sites (tertiary alicyclic amines) is 1. The number of carboxylic acids is 1. The number of nitrogens with zero attached hydrogens (tertiary/aromatic N) is 1. The molecule has 2 aliphatic heterocycles. The number of nitrogens with one attached hydrogen (secondary N) is 1. The lowest BCUT2D eigenvalue weighted by Crippen LogP contribution is -2.47. The molecule has 5 heteroatoms. The zero-order chi connectivity index (χ0) is 13.4. The van der Waals surface area contributed by atoms with E-state index in [2.05, 4.69) is 5.32 Å². The SMILES string of the molecule is O=C(O)[C@H]1CCCN1C(=O)[C@@H]1Cc2ccccc2N1. The second-order valence-corrected chi connectivity index (χ2v) is 5.09. The Labute approximate surface area is 111 Å². The Morgan fingerprint density at radius 1 is 1.32 bits per heavy atom. The quantitative estimate of drug-likeness (QED) is 0.835. The van der Waals surface area contributed by atoms with Gasteiger partial charge in [0.05, 0.1) is 0 Å². The Morgan fingerprint density at radius 3 is 2.84 bits per heavy atom. The standard InChI is InChI=1S/C14H16N2O3/c17-13(16-7-3-6-12(16)14(18)19)11-8-9-4-1-2-5-10(9)15-11/h1-2,4-5,11-12,15H,3,6-8H2,(H,18,19)/t11-,12+/m0/s1. The lowest BCUT2D eigenvalue weighted by atomic mass is 10.1. The van der Waals surface area contributed by atoms with E-state index in [4.69, 9.17) is 5.11 Å². The van der Waals surface area contributed by atoms with Crippen LogP contribution in [0.25, 0.3) is 0 Å². The molecule has 1 saturated heterocycles. The van der Waals surface area contributed by atoms with Crippen LogP contribution in [0, 0.1) is 0 Å². The number of fused-ring (bicyclic) bond motifs is 1. The van der Waals surface area contributed by atoms with Crippen molar-refractivity contribution >= 4 is 17.6 Å². The largest absolute Gasteiger partial charge is 0.480 e. The molecular weight excluding hydrogens is 244 g/mol. The molecule has 3 rings (SSSR count). The third kappa shape index (κ3) is 2.05. The normalized spacial score (nSPS) is 24.9. The van der Waals surface area contributed by atoms with Gasteiger partial charge in [-0.15, -0.1) is 0 Å². The molecule has 2 aliphatic rings. The molecule has 0 radical (unpaired) electrons. The van der Waals surface area contributed by atoms with Crippen molar-refractivity contribution in [3.63, 3.8) is 0 Å². The van der Waals surface area contributed by atoms with Crippen LogP contribution in [0.3, 0.4) is 0 Å². The Hall–Kier alpha value is -2.04. The topological polar surface area (TPSA) is 69.6 Å². The van der Waals surface area contributed by atoms with E-state index < -0.39 is 12.0 Å². The fraction of sp³-hybridized carbons (Fsp3) is 0.429. The smallest absolute Gasteiger partial charge is 0.326 e. The van der Waals surface area contributed by atoms with Gasteiger partial charge in [-0.25, -0.2) is 4.79 Å². The van der Waals surface area contributed by atoms with E-state index >= 15 is 0 Å². The second-order valence-electron chi connectivity index (χ2n) is 5.09. The minimum absolute atomic E-state index is 0.0962. The summed E-state index contributed by atoms with van der Waals surface area (Å²) in [6.45, 7) is 0.546. The van der Waals surface area contributed by atoms with Crippen molar-refractivity contribution in [1.82, 2.24) is 4.90 Å². The molecule has 0 spiro atoms. The van der Waals surface area contributed by atoms with Gasteiger partial charge in [0.15, 0.2) is 0 Å². The van der Waals surface area contributed by atoms with Gasteiger partial charge in [-0.1, -0.05) is 18.2 Å². The molecule has 1 aromatic carbocycles. The molecule has 5 nitrogen and oxygen atoms in total. The summed E-state index contributed by atoms with van der Waals surface area (Å²) in [5, 5.41) is 12.3. The average molecular weight is 260 g/mol. The molecule has 2 N–H and O–H groups in total. The number of rotatable bonds is 2. The van der Waals surface area contributed by atoms with Crippen LogP contribution in [-0.2, 0) is 16.0 Å². The lowest BCUT2D eigenvalue weighted by molar-refractivity contribution is -0.148. The first-order valence-electron chi connectivity index (χ1n) is 6.54. The van der Waals surface area contributed by atoms with Crippen LogP contribution in [0.15, 0.2) is 24.3 Å². The first-order valence-corrected chi connectivity index (χ1v) is 6.54. The fourth-order valence-electron chi connectivity index (χ4n) is 2.93. The van der Waals surface area contributed by atoms with Crippen LogP contribution in [0.1, 0.15) is 18.4 Å². The highest BCUT2D eigenvalue weighted by molar-refractivity contribution is 5.91. The van der Waals surface area contributed by atoms with Crippen molar-refractivity contribution < 1.29 is 14.7 Å². The number of hydrogen-bond donors (Lipinski definition) is 2. The first kappa shape index (κ1) is 12.0. The predicted octanol–water partition coefficient (Wildman–Crippen LogP) is 1.10. The van der Waals surface area contributed by atoms with Gasteiger partial charge in [0.25, 0.3) is 0 Å². The van der Waals surface area contributed by atoms with Gasteiger partial charge < -0.3 is 15.3 Å². The molecule has 100 valence electrons. The molecular formula is C14H16N2O3. The summed E-state index contributed by atoms with van der Waals surface area (Å²) in [5.41, 5.74) is 2.10. The maximum Gasteiger partial charge on any atom is 0.326 e. The molecule has 2 heterocycles. The highest BCUT2D eigenvalue weighted by Crippen LogP contribution is 2.28. The summed E-state index contributed by atoms with van der Waals surface area (Å²) in [6.07, 6.45) is 1.96. The zero-order valence-electron chi connectivity index (χ0n) is 10.5. The monoisotopic (exact) mass is 260 g/mol. The Bertz CT molecular complexity index is 504. The van der Waals surface area contributed by atoms with Crippen LogP contribution in [-0.4, -0.2) is 40.5 Å². The molecule has 0 saturated carbocycles. The van der Waals surface area contributed by atoms with Crippen molar-refractivity contribution in [3.05, 3.63) is 29.8 Å². The molecule has 0 aromatic heterocycles. The van der Waals surface area contributed by atoms with Crippen molar-refractivity contribution in [2.24, 2.45) is 0 Å². The Balaban J connectivity index is 1.74. The zero-order valence-corrected chi connectivity index (χ0v) is 10.5.